The summed E-state index contributed by atoms with van der Waals surface area (Å²) in [5.74, 6) is -13.9. The lowest BCUT2D eigenvalue weighted by Gasteiger charge is -2.12. The fraction of sp³-hybridized carbons (Fsp3) is 0.333. The zero-order valence-corrected chi connectivity index (χ0v) is 19.8. The van der Waals surface area contributed by atoms with Crippen LogP contribution >= 0.6 is 11.3 Å². The molecule has 1 aliphatic rings. The quantitative estimate of drug-likeness (QED) is 0.160. The number of anilines is 1. The van der Waals surface area contributed by atoms with Gasteiger partial charge in [-0.15, -0.1) is 11.3 Å². The number of esters is 1. The molecule has 36 heavy (non-hydrogen) atoms. The molecule has 0 aliphatic heterocycles. The van der Waals surface area contributed by atoms with E-state index >= 15 is 0 Å². The van der Waals surface area contributed by atoms with E-state index in [9.17, 15) is 31.5 Å². The highest BCUT2D eigenvalue weighted by atomic mass is 32.1. The molecule has 0 saturated heterocycles. The molecule has 0 spiro atoms. The van der Waals surface area contributed by atoms with Crippen molar-refractivity contribution in [3.63, 3.8) is 0 Å². The average molecular weight is 529 g/mol. The molecule has 2 heterocycles. The fourth-order valence-corrected chi connectivity index (χ4v) is 5.01. The second-order valence-electron chi connectivity index (χ2n) is 7.96. The second-order valence-corrected chi connectivity index (χ2v) is 9.06. The van der Waals surface area contributed by atoms with Gasteiger partial charge < -0.3 is 19.2 Å². The van der Waals surface area contributed by atoms with E-state index < -0.39 is 53.3 Å². The first-order valence-electron chi connectivity index (χ1n) is 11.1. The van der Waals surface area contributed by atoms with Gasteiger partial charge in [0.25, 0.3) is 5.91 Å². The minimum atomic E-state index is -2.30. The maximum Gasteiger partial charge on any atom is 0.341 e. The third-order valence-electron chi connectivity index (χ3n) is 5.45. The van der Waals surface area contributed by atoms with E-state index in [1.54, 1.807) is 0 Å². The lowest BCUT2D eigenvalue weighted by atomic mass is 9.95. The van der Waals surface area contributed by atoms with Gasteiger partial charge in [-0.2, -0.15) is 8.78 Å². The highest BCUT2D eigenvalue weighted by Gasteiger charge is 2.29. The monoisotopic (exact) mass is 529 g/mol. The van der Waals surface area contributed by atoms with Crippen LogP contribution in [0.1, 0.15) is 63.3 Å². The van der Waals surface area contributed by atoms with Crippen molar-refractivity contribution in [1.82, 2.24) is 0 Å². The van der Waals surface area contributed by atoms with Gasteiger partial charge in [0.05, 0.1) is 12.2 Å². The highest BCUT2D eigenvalue weighted by Crippen LogP contribution is 2.39. The number of hydrogen-bond donors (Lipinski definition) is 1. The van der Waals surface area contributed by atoms with Crippen LogP contribution in [0.2, 0.25) is 0 Å². The number of carbonyl (C=O) groups is 2. The predicted molar refractivity (Wildman–Crippen MR) is 119 cm³/mol. The molecule has 0 atom stereocenters. The minimum absolute atomic E-state index is 0.114. The normalized spacial score (nSPS) is 12.8. The largest absolute Gasteiger partial charge is 0.479 e. The van der Waals surface area contributed by atoms with Gasteiger partial charge in [-0.25, -0.2) is 18.0 Å². The summed E-state index contributed by atoms with van der Waals surface area (Å²) in [6, 6.07) is 2.49. The maximum absolute atomic E-state index is 13.8. The minimum Gasteiger partial charge on any atom is -0.479 e. The standard InChI is InChI=1S/C24H20F5NO5S/c1-2-9-33-24(32)15-12-5-3-4-6-14(12)36-23(15)30-22(31)13-8-7-11(35-13)10-34-21-19(28)17(26)16(25)18(27)20(21)29/h7-8H,2-6,9-10H2,1H3,(H,30,31). The summed E-state index contributed by atoms with van der Waals surface area (Å²) in [6.45, 7) is 1.39. The summed E-state index contributed by atoms with van der Waals surface area (Å²) in [5, 5.41) is 2.97. The molecule has 0 saturated carbocycles. The molecule has 0 radical (unpaired) electrons. The van der Waals surface area contributed by atoms with Crippen molar-refractivity contribution in [2.24, 2.45) is 0 Å². The van der Waals surface area contributed by atoms with Crippen LogP contribution in [-0.4, -0.2) is 18.5 Å². The Morgan fingerprint density at radius 2 is 1.67 bits per heavy atom. The van der Waals surface area contributed by atoms with E-state index in [1.807, 2.05) is 6.92 Å². The van der Waals surface area contributed by atoms with Gasteiger partial charge in [0.2, 0.25) is 29.1 Å². The third-order valence-corrected chi connectivity index (χ3v) is 6.66. The van der Waals surface area contributed by atoms with Gasteiger partial charge >= 0.3 is 5.97 Å². The van der Waals surface area contributed by atoms with Gasteiger partial charge in [0, 0.05) is 4.88 Å². The number of fused-ring (bicyclic) bond motifs is 1. The number of thiophene rings is 1. The molecular formula is C24H20F5NO5S. The van der Waals surface area contributed by atoms with Crippen LogP contribution in [0, 0.1) is 29.1 Å². The first kappa shape index (κ1) is 25.7. The van der Waals surface area contributed by atoms with Crippen molar-refractivity contribution in [2.75, 3.05) is 11.9 Å². The molecule has 1 N–H and O–H groups in total. The number of rotatable bonds is 8. The van der Waals surface area contributed by atoms with Gasteiger partial charge in [-0.1, -0.05) is 6.92 Å². The molecule has 0 bridgehead atoms. The van der Waals surface area contributed by atoms with Gasteiger partial charge in [0.15, 0.2) is 11.5 Å². The molecule has 4 rings (SSSR count). The molecule has 192 valence electrons. The number of carbonyl (C=O) groups excluding carboxylic acids is 2. The number of ether oxygens (including phenoxy) is 2. The predicted octanol–water partition coefficient (Wildman–Crippen LogP) is 6.31. The summed E-state index contributed by atoms with van der Waals surface area (Å²) in [4.78, 5) is 26.5. The Labute approximate surface area is 206 Å². The number of nitrogens with one attached hydrogen (secondary N) is 1. The van der Waals surface area contributed by atoms with Gasteiger partial charge in [-0.3, -0.25) is 4.79 Å². The SMILES string of the molecule is CCCOC(=O)c1c(NC(=O)c2ccc(COc3c(F)c(F)c(F)c(F)c3F)o2)sc2c1CCCC2. The Kier molecular flexibility index (Phi) is 7.62. The van der Waals surface area contributed by atoms with E-state index in [-0.39, 0.29) is 18.1 Å². The van der Waals surface area contributed by atoms with Gasteiger partial charge in [-0.05, 0) is 49.8 Å². The molecule has 1 amide bonds. The van der Waals surface area contributed by atoms with Crippen LogP contribution in [0.3, 0.4) is 0 Å². The fourth-order valence-electron chi connectivity index (χ4n) is 3.73. The van der Waals surface area contributed by atoms with Crippen LogP contribution in [0.5, 0.6) is 5.75 Å². The Morgan fingerprint density at radius 3 is 2.36 bits per heavy atom. The molecule has 6 nitrogen and oxygen atoms in total. The number of aryl methyl sites for hydroxylation is 1. The summed E-state index contributed by atoms with van der Waals surface area (Å²) >= 11 is 1.28. The number of hydrogen-bond acceptors (Lipinski definition) is 6. The molecule has 0 unspecified atom stereocenters. The number of furan rings is 1. The Morgan fingerprint density at radius 1 is 1.00 bits per heavy atom. The van der Waals surface area contributed by atoms with Crippen molar-refractivity contribution < 1.29 is 45.4 Å². The Balaban J connectivity index is 1.50. The smallest absolute Gasteiger partial charge is 0.341 e. The van der Waals surface area contributed by atoms with Crippen molar-refractivity contribution in [1.29, 1.82) is 0 Å². The van der Waals surface area contributed by atoms with Crippen molar-refractivity contribution in [3.8, 4) is 5.75 Å². The first-order chi connectivity index (χ1) is 17.2. The van der Waals surface area contributed by atoms with Gasteiger partial charge in [0.1, 0.15) is 17.4 Å². The van der Waals surface area contributed by atoms with Crippen LogP contribution in [0.25, 0.3) is 0 Å². The number of halogens is 5. The van der Waals surface area contributed by atoms with Crippen molar-refractivity contribution >= 4 is 28.2 Å². The van der Waals surface area contributed by atoms with E-state index in [0.29, 0.717) is 23.4 Å². The number of amides is 1. The van der Waals surface area contributed by atoms with E-state index in [0.717, 1.165) is 29.7 Å². The summed E-state index contributed by atoms with van der Waals surface area (Å²) < 4.78 is 82.8. The Bertz CT molecular complexity index is 1290. The summed E-state index contributed by atoms with van der Waals surface area (Å²) in [5.41, 5.74) is 1.18. The van der Waals surface area contributed by atoms with Crippen LogP contribution in [-0.2, 0) is 24.2 Å². The third kappa shape index (κ3) is 4.95. The second kappa shape index (κ2) is 10.7. The zero-order valence-electron chi connectivity index (χ0n) is 18.9. The highest BCUT2D eigenvalue weighted by molar-refractivity contribution is 7.17. The molecular weight excluding hydrogens is 509 g/mol. The van der Waals surface area contributed by atoms with Crippen LogP contribution < -0.4 is 10.1 Å². The molecule has 1 aliphatic carbocycles. The van der Waals surface area contributed by atoms with E-state index in [4.69, 9.17) is 13.9 Å². The molecule has 3 aromatic rings. The van der Waals surface area contributed by atoms with Crippen LogP contribution in [0.4, 0.5) is 27.0 Å². The van der Waals surface area contributed by atoms with Crippen molar-refractivity contribution in [2.45, 2.75) is 45.6 Å². The summed E-state index contributed by atoms with van der Waals surface area (Å²) in [7, 11) is 0. The van der Waals surface area contributed by atoms with E-state index in [2.05, 4.69) is 5.32 Å². The molecule has 12 heteroatoms. The molecule has 1 aromatic carbocycles. The maximum atomic E-state index is 13.8. The average Bonchev–Trinajstić information content (AvgIpc) is 3.49. The molecule has 0 fully saturated rings. The van der Waals surface area contributed by atoms with E-state index in [1.165, 1.54) is 23.5 Å². The molecule has 2 aromatic heterocycles. The number of benzene rings is 1. The first-order valence-corrected chi connectivity index (χ1v) is 11.9. The lowest BCUT2D eigenvalue weighted by molar-refractivity contribution is 0.0505. The lowest BCUT2D eigenvalue weighted by Crippen LogP contribution is -2.15. The topological polar surface area (TPSA) is 77.8 Å². The van der Waals surface area contributed by atoms with Crippen molar-refractivity contribution in [3.05, 3.63) is 68.7 Å². The zero-order chi connectivity index (χ0) is 26.0. The summed E-state index contributed by atoms with van der Waals surface area (Å²) in [6.07, 6.45) is 3.99. The Hall–Kier alpha value is -3.41. The van der Waals surface area contributed by atoms with Crippen LogP contribution in [0.15, 0.2) is 16.5 Å².